The number of fused-ring (bicyclic) bond motifs is 1. The Morgan fingerprint density at radius 3 is 2.47 bits per heavy atom. The first kappa shape index (κ1) is 20.6. The molecular weight excluding hydrogens is 379 g/mol. The minimum atomic E-state index is -0.623. The number of esters is 1. The van der Waals surface area contributed by atoms with E-state index in [1.807, 2.05) is 12.1 Å². The van der Waals surface area contributed by atoms with E-state index in [1.54, 1.807) is 18.2 Å². The molecule has 2 aromatic rings. The fourth-order valence-electron chi connectivity index (χ4n) is 5.18. The lowest BCUT2D eigenvalue weighted by Crippen LogP contribution is -2.29. The average Bonchev–Trinajstić information content (AvgIpc) is 2.79. The molecule has 0 saturated heterocycles. The van der Waals surface area contributed by atoms with Crippen molar-refractivity contribution in [3.8, 4) is 11.5 Å². The molecule has 0 amide bonds. The third kappa shape index (κ3) is 4.43. The third-order valence-electron chi connectivity index (χ3n) is 6.95. The zero-order chi connectivity index (χ0) is 21.1. The fourth-order valence-corrected chi connectivity index (χ4v) is 5.18. The number of allylic oxidation sites excluding steroid dienone is 1. The monoisotopic (exact) mass is 408 g/mol. The van der Waals surface area contributed by atoms with Crippen molar-refractivity contribution in [1.82, 2.24) is 0 Å². The fraction of sp³-hybridized carbons (Fsp3) is 0.423. The Morgan fingerprint density at radius 2 is 1.77 bits per heavy atom. The maximum Gasteiger partial charge on any atom is 0.343 e. The number of hydrogen-bond donors (Lipinski definition) is 0. The molecule has 2 saturated carbocycles. The summed E-state index contributed by atoms with van der Waals surface area (Å²) in [6.45, 7) is 3.98. The summed E-state index contributed by atoms with van der Waals surface area (Å²) in [6, 6.07) is 11.8. The molecule has 2 aromatic carbocycles. The molecule has 4 unspecified atom stereocenters. The van der Waals surface area contributed by atoms with Crippen LogP contribution in [-0.4, -0.2) is 13.1 Å². The van der Waals surface area contributed by atoms with Gasteiger partial charge in [-0.25, -0.2) is 9.18 Å². The Bertz CT molecular complexity index is 905. The highest BCUT2D eigenvalue weighted by molar-refractivity contribution is 5.91. The molecule has 0 bridgehead atoms. The van der Waals surface area contributed by atoms with E-state index in [0.29, 0.717) is 23.1 Å². The van der Waals surface area contributed by atoms with Crippen molar-refractivity contribution >= 4 is 5.97 Å². The van der Waals surface area contributed by atoms with Gasteiger partial charge in [-0.15, -0.1) is 6.58 Å². The molecule has 0 aliphatic heterocycles. The molecule has 0 aromatic heterocycles. The van der Waals surface area contributed by atoms with Gasteiger partial charge >= 0.3 is 5.97 Å². The average molecular weight is 409 g/mol. The third-order valence-corrected chi connectivity index (χ3v) is 6.95. The van der Waals surface area contributed by atoms with E-state index in [2.05, 4.69) is 12.7 Å². The van der Waals surface area contributed by atoms with Crippen molar-refractivity contribution in [3.63, 3.8) is 0 Å². The van der Waals surface area contributed by atoms with Gasteiger partial charge in [-0.2, -0.15) is 0 Å². The number of rotatable bonds is 5. The Hall–Kier alpha value is -2.62. The van der Waals surface area contributed by atoms with Gasteiger partial charge in [0.2, 0.25) is 0 Å². The molecule has 4 atom stereocenters. The van der Waals surface area contributed by atoms with Crippen LogP contribution < -0.4 is 9.47 Å². The second-order valence-electron chi connectivity index (χ2n) is 8.65. The van der Waals surface area contributed by atoms with Crippen molar-refractivity contribution in [3.05, 3.63) is 72.1 Å². The predicted octanol–water partition coefficient (Wildman–Crippen LogP) is 6.54. The molecule has 0 heterocycles. The summed E-state index contributed by atoms with van der Waals surface area (Å²) in [4.78, 5) is 12.4. The molecule has 2 aliphatic rings. The van der Waals surface area contributed by atoms with Crippen molar-refractivity contribution in [2.24, 2.45) is 17.8 Å². The van der Waals surface area contributed by atoms with Crippen LogP contribution in [0.4, 0.5) is 4.39 Å². The normalized spacial score (nSPS) is 25.8. The van der Waals surface area contributed by atoms with Gasteiger partial charge < -0.3 is 9.47 Å². The van der Waals surface area contributed by atoms with Crippen molar-refractivity contribution in [2.45, 2.75) is 44.4 Å². The van der Waals surface area contributed by atoms with E-state index < -0.39 is 11.8 Å². The van der Waals surface area contributed by atoms with Gasteiger partial charge in [-0.3, -0.25) is 0 Å². The molecule has 2 aliphatic carbocycles. The number of hydrogen-bond acceptors (Lipinski definition) is 3. The summed E-state index contributed by atoms with van der Waals surface area (Å²) >= 11 is 0. The van der Waals surface area contributed by atoms with E-state index in [0.717, 1.165) is 11.8 Å². The second kappa shape index (κ2) is 9.03. The second-order valence-corrected chi connectivity index (χ2v) is 8.65. The molecule has 0 N–H and O–H groups in total. The number of carbonyl (C=O) groups is 1. The van der Waals surface area contributed by atoms with Crippen LogP contribution in [0, 0.1) is 23.6 Å². The Balaban J connectivity index is 1.38. The van der Waals surface area contributed by atoms with Gasteiger partial charge in [-0.05, 0) is 92.0 Å². The van der Waals surface area contributed by atoms with Gasteiger partial charge in [0.15, 0.2) is 11.6 Å². The highest BCUT2D eigenvalue weighted by Gasteiger charge is 2.35. The van der Waals surface area contributed by atoms with Crippen LogP contribution in [0.2, 0.25) is 0 Å². The van der Waals surface area contributed by atoms with Gasteiger partial charge in [0.1, 0.15) is 5.75 Å². The topological polar surface area (TPSA) is 35.5 Å². The first-order valence-corrected chi connectivity index (χ1v) is 10.9. The lowest BCUT2D eigenvalue weighted by Gasteiger charge is -2.41. The summed E-state index contributed by atoms with van der Waals surface area (Å²) in [6.07, 6.45) is 9.72. The molecule has 2 fully saturated rings. The number of methoxy groups -OCH3 is 1. The van der Waals surface area contributed by atoms with E-state index in [1.165, 1.54) is 63.3 Å². The summed E-state index contributed by atoms with van der Waals surface area (Å²) in [7, 11) is 1.46. The lowest BCUT2D eigenvalue weighted by molar-refractivity contribution is 0.0727. The first-order valence-electron chi connectivity index (χ1n) is 10.9. The Labute approximate surface area is 177 Å². The number of ether oxygens (including phenoxy) is 2. The number of carbonyl (C=O) groups excluding carboxylic acids is 1. The van der Waals surface area contributed by atoms with Crippen LogP contribution in [0.1, 0.15) is 60.4 Å². The van der Waals surface area contributed by atoms with Gasteiger partial charge in [0.25, 0.3) is 0 Å². The van der Waals surface area contributed by atoms with Crippen LogP contribution >= 0.6 is 0 Å². The van der Waals surface area contributed by atoms with E-state index >= 15 is 0 Å². The maximum atomic E-state index is 14.0. The Morgan fingerprint density at radius 1 is 1.03 bits per heavy atom. The van der Waals surface area contributed by atoms with E-state index in [-0.39, 0.29) is 5.75 Å². The molecule has 4 heteroatoms. The molecule has 30 heavy (non-hydrogen) atoms. The molecule has 158 valence electrons. The number of benzene rings is 2. The standard InChI is InChI=1S/C26H29FO3/c1-3-17-4-5-22-15-21(11-10-20(22)14-17)18-6-8-19(9-7-18)26(28)30-25-13-12-23(29-2)16-24(25)27/h3,6-9,12-13,16-17,20-22H,1,4-5,10-11,14-15H2,2H3. The Kier molecular flexibility index (Phi) is 6.21. The summed E-state index contributed by atoms with van der Waals surface area (Å²) < 4.78 is 24.2. The maximum absolute atomic E-state index is 14.0. The predicted molar refractivity (Wildman–Crippen MR) is 115 cm³/mol. The quantitative estimate of drug-likeness (QED) is 0.320. The van der Waals surface area contributed by atoms with Gasteiger partial charge in [-0.1, -0.05) is 18.2 Å². The molecular formula is C26H29FO3. The summed E-state index contributed by atoms with van der Waals surface area (Å²) in [5.41, 5.74) is 1.71. The zero-order valence-corrected chi connectivity index (χ0v) is 17.5. The highest BCUT2D eigenvalue weighted by atomic mass is 19.1. The largest absolute Gasteiger partial charge is 0.497 e. The lowest BCUT2D eigenvalue weighted by atomic mass is 9.64. The van der Waals surface area contributed by atoms with Gasteiger partial charge in [0, 0.05) is 6.07 Å². The van der Waals surface area contributed by atoms with Crippen LogP contribution in [0.5, 0.6) is 11.5 Å². The smallest absolute Gasteiger partial charge is 0.343 e. The van der Waals surface area contributed by atoms with Crippen LogP contribution in [0.25, 0.3) is 0 Å². The first-order chi connectivity index (χ1) is 14.6. The van der Waals surface area contributed by atoms with Crippen LogP contribution in [-0.2, 0) is 0 Å². The van der Waals surface area contributed by atoms with Crippen molar-refractivity contribution < 1.29 is 18.7 Å². The number of halogens is 1. The minimum Gasteiger partial charge on any atom is -0.497 e. The summed E-state index contributed by atoms with van der Waals surface area (Å²) in [5.74, 6) is 2.00. The minimum absolute atomic E-state index is 0.0988. The van der Waals surface area contributed by atoms with E-state index in [4.69, 9.17) is 9.47 Å². The zero-order valence-electron chi connectivity index (χ0n) is 17.5. The van der Waals surface area contributed by atoms with E-state index in [9.17, 15) is 9.18 Å². The van der Waals surface area contributed by atoms with Crippen LogP contribution in [0.15, 0.2) is 55.1 Å². The molecule has 0 radical (unpaired) electrons. The SMILES string of the molecule is C=CC1CCC2CC(c3ccc(C(=O)Oc4ccc(OC)cc4F)cc3)CCC2C1. The molecule has 4 rings (SSSR count). The highest BCUT2D eigenvalue weighted by Crippen LogP contribution is 2.47. The molecule has 3 nitrogen and oxygen atoms in total. The van der Waals surface area contributed by atoms with Gasteiger partial charge in [0.05, 0.1) is 12.7 Å². The van der Waals surface area contributed by atoms with Crippen LogP contribution in [0.3, 0.4) is 0 Å². The van der Waals surface area contributed by atoms with Crippen molar-refractivity contribution in [1.29, 1.82) is 0 Å². The summed E-state index contributed by atoms with van der Waals surface area (Å²) in [5, 5.41) is 0. The molecule has 0 spiro atoms. The van der Waals surface area contributed by atoms with Crippen molar-refractivity contribution in [2.75, 3.05) is 7.11 Å².